The highest BCUT2D eigenvalue weighted by Gasteiger charge is 2.26. The lowest BCUT2D eigenvalue weighted by Crippen LogP contribution is -2.23. The first kappa shape index (κ1) is 9.40. The summed E-state index contributed by atoms with van der Waals surface area (Å²) in [6.07, 6.45) is 1.31. The van der Waals surface area contributed by atoms with Gasteiger partial charge in [-0.05, 0) is 35.7 Å². The maximum atomic E-state index is 9.15. The zero-order chi connectivity index (χ0) is 8.27. The Balaban J connectivity index is 2.40. The molecule has 1 nitrogen and oxygen atoms in total. The zero-order valence-corrected chi connectivity index (χ0v) is 8.23. The van der Waals surface area contributed by atoms with Crippen molar-refractivity contribution in [3.8, 4) is 0 Å². The van der Waals surface area contributed by atoms with Crippen LogP contribution in [0.1, 0.15) is 20.3 Å². The van der Waals surface area contributed by atoms with Crippen LogP contribution in [0.2, 0.25) is 0 Å². The summed E-state index contributed by atoms with van der Waals surface area (Å²) in [5.41, 5.74) is 0. The van der Waals surface area contributed by atoms with Crippen LogP contribution >= 0.6 is 11.8 Å². The first-order valence-electron chi connectivity index (χ1n) is 4.44. The Kier molecular flexibility index (Phi) is 3.73. The Morgan fingerprint density at radius 3 is 2.64 bits per heavy atom. The monoisotopic (exact) mass is 174 g/mol. The molecule has 0 spiro atoms. The quantitative estimate of drug-likeness (QED) is 0.706. The van der Waals surface area contributed by atoms with Gasteiger partial charge in [-0.25, -0.2) is 0 Å². The van der Waals surface area contributed by atoms with E-state index in [1.807, 2.05) is 11.8 Å². The molecule has 0 aromatic carbocycles. The smallest absolute Gasteiger partial charge is 0.0464 e. The molecule has 2 atom stereocenters. The molecule has 0 aliphatic carbocycles. The maximum absolute atomic E-state index is 9.15. The van der Waals surface area contributed by atoms with E-state index in [0.29, 0.717) is 18.4 Å². The molecule has 1 fully saturated rings. The first-order chi connectivity index (χ1) is 5.25. The Morgan fingerprint density at radius 1 is 1.55 bits per heavy atom. The van der Waals surface area contributed by atoms with Gasteiger partial charge in [-0.1, -0.05) is 13.8 Å². The molecule has 1 rings (SSSR count). The maximum Gasteiger partial charge on any atom is 0.0464 e. The number of rotatable bonds is 3. The lowest BCUT2D eigenvalue weighted by atomic mass is 9.84. The first-order valence-corrected chi connectivity index (χ1v) is 5.59. The largest absolute Gasteiger partial charge is 0.396 e. The van der Waals surface area contributed by atoms with Crippen molar-refractivity contribution in [3.63, 3.8) is 0 Å². The van der Waals surface area contributed by atoms with Crippen LogP contribution in [0.4, 0.5) is 0 Å². The zero-order valence-electron chi connectivity index (χ0n) is 7.42. The van der Waals surface area contributed by atoms with Crippen molar-refractivity contribution in [2.75, 3.05) is 18.1 Å². The molecule has 0 amide bonds. The second-order valence-electron chi connectivity index (χ2n) is 3.71. The fourth-order valence-corrected chi connectivity index (χ4v) is 3.15. The fraction of sp³-hybridized carbons (Fsp3) is 1.00. The van der Waals surface area contributed by atoms with Gasteiger partial charge < -0.3 is 5.11 Å². The minimum Gasteiger partial charge on any atom is -0.396 e. The molecular formula is C9H18OS. The Labute approximate surface area is 73.6 Å². The minimum atomic E-state index is 0.378. The summed E-state index contributed by atoms with van der Waals surface area (Å²) in [6.45, 7) is 4.80. The highest BCUT2D eigenvalue weighted by atomic mass is 32.2. The third-order valence-corrected chi connectivity index (χ3v) is 3.83. The predicted molar refractivity (Wildman–Crippen MR) is 50.8 cm³/mol. The van der Waals surface area contributed by atoms with E-state index in [9.17, 15) is 0 Å². The predicted octanol–water partition coefficient (Wildman–Crippen LogP) is 2.00. The molecule has 1 aliphatic rings. The number of hydrogen-bond donors (Lipinski definition) is 1. The van der Waals surface area contributed by atoms with Crippen LogP contribution in [0.5, 0.6) is 0 Å². The summed E-state index contributed by atoms with van der Waals surface area (Å²) in [6, 6.07) is 0. The van der Waals surface area contributed by atoms with Gasteiger partial charge in [0, 0.05) is 6.61 Å². The summed E-state index contributed by atoms with van der Waals surface area (Å²) in [4.78, 5) is 0. The van der Waals surface area contributed by atoms with E-state index in [1.54, 1.807) is 0 Å². The highest BCUT2D eigenvalue weighted by molar-refractivity contribution is 7.99. The van der Waals surface area contributed by atoms with Gasteiger partial charge in [-0.15, -0.1) is 0 Å². The van der Waals surface area contributed by atoms with Crippen molar-refractivity contribution in [1.29, 1.82) is 0 Å². The summed E-state index contributed by atoms with van der Waals surface area (Å²) in [7, 11) is 0. The van der Waals surface area contributed by atoms with Crippen LogP contribution in [0.25, 0.3) is 0 Å². The molecule has 0 aromatic heterocycles. The topological polar surface area (TPSA) is 20.2 Å². The molecule has 0 saturated carbocycles. The van der Waals surface area contributed by atoms with Crippen LogP contribution in [0.15, 0.2) is 0 Å². The molecule has 2 unspecified atom stereocenters. The molecule has 1 heterocycles. The van der Waals surface area contributed by atoms with E-state index < -0.39 is 0 Å². The van der Waals surface area contributed by atoms with Gasteiger partial charge in [-0.2, -0.15) is 11.8 Å². The Bertz CT molecular complexity index is 108. The number of aliphatic hydroxyl groups is 1. The lowest BCUT2D eigenvalue weighted by Gasteiger charge is -2.24. The van der Waals surface area contributed by atoms with Crippen LogP contribution in [0.3, 0.4) is 0 Å². The van der Waals surface area contributed by atoms with Gasteiger partial charge in [0.1, 0.15) is 0 Å². The Morgan fingerprint density at radius 2 is 2.27 bits per heavy atom. The molecule has 2 heteroatoms. The van der Waals surface area contributed by atoms with Crippen molar-refractivity contribution >= 4 is 11.8 Å². The second-order valence-corrected chi connectivity index (χ2v) is 4.86. The van der Waals surface area contributed by atoms with Gasteiger partial charge in [-0.3, -0.25) is 0 Å². The van der Waals surface area contributed by atoms with Crippen LogP contribution in [-0.4, -0.2) is 23.2 Å². The Hall–Kier alpha value is 0.310. The average Bonchev–Trinajstić information content (AvgIpc) is 2.40. The second kappa shape index (κ2) is 4.36. The minimum absolute atomic E-state index is 0.378. The molecule has 0 aromatic rings. The van der Waals surface area contributed by atoms with E-state index in [-0.39, 0.29) is 0 Å². The molecule has 1 N–H and O–H groups in total. The number of aliphatic hydroxyl groups excluding tert-OH is 1. The third-order valence-electron chi connectivity index (χ3n) is 2.64. The molecule has 1 aliphatic heterocycles. The van der Waals surface area contributed by atoms with Crippen LogP contribution in [0, 0.1) is 17.8 Å². The van der Waals surface area contributed by atoms with Crippen molar-refractivity contribution < 1.29 is 5.11 Å². The van der Waals surface area contributed by atoms with Crippen LogP contribution < -0.4 is 0 Å². The van der Waals surface area contributed by atoms with E-state index in [0.717, 1.165) is 5.92 Å². The standard InChI is InChI=1S/C9H18OS/c1-7(2)9(5-10)8-3-4-11-6-8/h7-10H,3-6H2,1-2H3. The van der Waals surface area contributed by atoms with Gasteiger partial charge in [0.05, 0.1) is 0 Å². The van der Waals surface area contributed by atoms with Crippen molar-refractivity contribution in [1.82, 2.24) is 0 Å². The summed E-state index contributed by atoms with van der Waals surface area (Å²) in [5.74, 6) is 4.54. The summed E-state index contributed by atoms with van der Waals surface area (Å²) >= 11 is 2.03. The van der Waals surface area contributed by atoms with E-state index >= 15 is 0 Å². The number of thioether (sulfide) groups is 1. The normalized spacial score (nSPS) is 27.8. The van der Waals surface area contributed by atoms with E-state index in [2.05, 4.69) is 13.8 Å². The van der Waals surface area contributed by atoms with E-state index in [1.165, 1.54) is 17.9 Å². The molecule has 0 bridgehead atoms. The van der Waals surface area contributed by atoms with E-state index in [4.69, 9.17) is 5.11 Å². The van der Waals surface area contributed by atoms with Gasteiger partial charge in [0.15, 0.2) is 0 Å². The van der Waals surface area contributed by atoms with Crippen LogP contribution in [-0.2, 0) is 0 Å². The molecule has 11 heavy (non-hydrogen) atoms. The summed E-state index contributed by atoms with van der Waals surface area (Å²) < 4.78 is 0. The highest BCUT2D eigenvalue weighted by Crippen LogP contribution is 2.33. The SMILES string of the molecule is CC(C)C(CO)C1CCSC1. The molecule has 0 radical (unpaired) electrons. The lowest BCUT2D eigenvalue weighted by molar-refractivity contribution is 0.145. The van der Waals surface area contributed by atoms with Crippen molar-refractivity contribution in [3.05, 3.63) is 0 Å². The summed E-state index contributed by atoms with van der Waals surface area (Å²) in [5, 5.41) is 9.15. The van der Waals surface area contributed by atoms with Crippen molar-refractivity contribution in [2.24, 2.45) is 17.8 Å². The number of hydrogen-bond acceptors (Lipinski definition) is 2. The van der Waals surface area contributed by atoms with Gasteiger partial charge in [0.25, 0.3) is 0 Å². The molecule has 66 valence electrons. The molecular weight excluding hydrogens is 156 g/mol. The van der Waals surface area contributed by atoms with Crippen molar-refractivity contribution in [2.45, 2.75) is 20.3 Å². The fourth-order valence-electron chi connectivity index (χ4n) is 1.79. The van der Waals surface area contributed by atoms with Gasteiger partial charge in [0.2, 0.25) is 0 Å². The average molecular weight is 174 g/mol. The van der Waals surface area contributed by atoms with Gasteiger partial charge >= 0.3 is 0 Å². The third kappa shape index (κ3) is 2.38. The molecule has 1 saturated heterocycles.